The van der Waals surface area contributed by atoms with Crippen LogP contribution < -0.4 is 10.1 Å². The molecule has 33 heavy (non-hydrogen) atoms. The van der Waals surface area contributed by atoms with Gasteiger partial charge in [-0.1, -0.05) is 50.2 Å². The van der Waals surface area contributed by atoms with Crippen LogP contribution in [0.25, 0.3) is 0 Å². The van der Waals surface area contributed by atoms with Gasteiger partial charge in [0.15, 0.2) is 0 Å². The van der Waals surface area contributed by atoms with Crippen molar-refractivity contribution in [2.75, 3.05) is 12.4 Å². The molecule has 0 radical (unpaired) electrons. The van der Waals surface area contributed by atoms with E-state index < -0.39 is 10.0 Å². The van der Waals surface area contributed by atoms with Gasteiger partial charge in [0, 0.05) is 16.8 Å². The lowest BCUT2D eigenvalue weighted by atomic mass is 9.92. The van der Waals surface area contributed by atoms with Crippen molar-refractivity contribution < 1.29 is 17.9 Å². The number of ether oxygens (including phenoxy) is 1. The third-order valence-electron chi connectivity index (χ3n) is 5.41. The van der Waals surface area contributed by atoms with Crippen LogP contribution in [0.2, 0.25) is 0 Å². The molecule has 168 valence electrons. The number of carbonyl (C=O) groups is 1. The summed E-state index contributed by atoms with van der Waals surface area (Å²) in [6.07, 6.45) is 1.48. The molecule has 0 aromatic heterocycles. The highest BCUT2D eigenvalue weighted by Gasteiger charge is 2.26. The first kappa shape index (κ1) is 22.5. The largest absolute Gasteiger partial charge is 0.497 e. The van der Waals surface area contributed by atoms with Crippen LogP contribution in [0.1, 0.15) is 41.3 Å². The van der Waals surface area contributed by atoms with Crippen molar-refractivity contribution in [1.82, 2.24) is 0 Å². The molecule has 0 unspecified atom stereocenters. The highest BCUT2D eigenvalue weighted by Crippen LogP contribution is 2.26. The number of carbonyl (C=O) groups excluding carboxylic acids is 1. The van der Waals surface area contributed by atoms with Crippen molar-refractivity contribution in [2.45, 2.75) is 24.7 Å². The number of anilines is 1. The van der Waals surface area contributed by atoms with Crippen molar-refractivity contribution >= 4 is 27.2 Å². The summed E-state index contributed by atoms with van der Waals surface area (Å²) in [6, 6.07) is 20.7. The van der Waals surface area contributed by atoms with Crippen LogP contribution in [-0.4, -0.2) is 27.0 Å². The normalized spacial score (nSPS) is 14.7. The summed E-state index contributed by atoms with van der Waals surface area (Å²) in [5, 5.41) is 3.08. The molecule has 0 heterocycles. The number of sulfonamides is 1. The van der Waals surface area contributed by atoms with Crippen molar-refractivity contribution in [2.24, 2.45) is 4.40 Å². The number of benzene rings is 3. The van der Waals surface area contributed by atoms with Crippen molar-refractivity contribution in [3.63, 3.8) is 0 Å². The number of ketones is 1. The molecule has 6 nitrogen and oxygen atoms in total. The minimum absolute atomic E-state index is 0.104. The highest BCUT2D eigenvalue weighted by molar-refractivity contribution is 7.90. The second kappa shape index (κ2) is 9.03. The maximum absolute atomic E-state index is 13.1. The van der Waals surface area contributed by atoms with E-state index in [1.165, 1.54) is 6.08 Å². The Labute approximate surface area is 193 Å². The molecule has 3 aromatic rings. The van der Waals surface area contributed by atoms with E-state index in [9.17, 15) is 13.2 Å². The SMILES string of the molecule is COc1ccc(NC2=C/C(=N\S(=O)(=O)c3ccc(C(C)C)cc3)c3ccccc3C2=O)cc1. The lowest BCUT2D eigenvalue weighted by molar-refractivity contribution is 0.103. The minimum atomic E-state index is -3.98. The van der Waals surface area contributed by atoms with Gasteiger partial charge in [0.2, 0.25) is 5.78 Å². The fraction of sp³-hybridized carbons (Fsp3) is 0.154. The summed E-state index contributed by atoms with van der Waals surface area (Å²) in [6.45, 7) is 4.09. The summed E-state index contributed by atoms with van der Waals surface area (Å²) in [7, 11) is -2.40. The lowest BCUT2D eigenvalue weighted by Gasteiger charge is -2.19. The van der Waals surface area contributed by atoms with Gasteiger partial charge in [-0.15, -0.1) is 0 Å². The van der Waals surface area contributed by atoms with E-state index in [-0.39, 0.29) is 22.1 Å². The molecule has 0 saturated carbocycles. The number of rotatable bonds is 6. The van der Waals surface area contributed by atoms with Gasteiger partial charge in [-0.3, -0.25) is 4.79 Å². The third kappa shape index (κ3) is 4.73. The summed E-state index contributed by atoms with van der Waals surface area (Å²) in [5.41, 5.74) is 3.02. The number of nitrogens with zero attached hydrogens (tertiary/aromatic N) is 1. The van der Waals surface area contributed by atoms with Crippen LogP contribution in [0.4, 0.5) is 5.69 Å². The first-order valence-corrected chi connectivity index (χ1v) is 11.9. The summed E-state index contributed by atoms with van der Waals surface area (Å²) in [5.74, 6) is 0.740. The van der Waals surface area contributed by atoms with Gasteiger partial charge in [0.05, 0.1) is 23.4 Å². The van der Waals surface area contributed by atoms with E-state index in [0.29, 0.717) is 28.5 Å². The molecule has 0 fully saturated rings. The van der Waals surface area contributed by atoms with Crippen LogP contribution in [0.15, 0.2) is 93.9 Å². The summed E-state index contributed by atoms with van der Waals surface area (Å²) < 4.78 is 35.4. The van der Waals surface area contributed by atoms with E-state index in [1.54, 1.807) is 79.9 Å². The zero-order valence-corrected chi connectivity index (χ0v) is 19.4. The standard InChI is InChI=1S/C26H24N2O4S/c1-17(2)18-8-14-21(15-9-18)33(30,31)28-24-16-25(26(29)23-7-5-4-6-22(23)24)27-19-10-12-20(32-3)13-11-19/h4-17,27H,1-3H3/b28-24+. The Morgan fingerprint density at radius 2 is 1.52 bits per heavy atom. The van der Waals surface area contributed by atoms with Crippen molar-refractivity contribution in [3.05, 3.63) is 101 Å². The molecule has 1 aliphatic rings. The average molecular weight is 461 g/mol. The molecule has 0 amide bonds. The van der Waals surface area contributed by atoms with E-state index in [4.69, 9.17) is 4.74 Å². The van der Waals surface area contributed by atoms with Gasteiger partial charge in [-0.2, -0.15) is 12.8 Å². The average Bonchev–Trinajstić information content (AvgIpc) is 2.82. The fourth-order valence-electron chi connectivity index (χ4n) is 3.53. The molecule has 0 spiro atoms. The number of methoxy groups -OCH3 is 1. The Hall–Kier alpha value is -3.71. The quantitative estimate of drug-likeness (QED) is 0.547. The molecule has 0 bridgehead atoms. The predicted octanol–water partition coefficient (Wildman–Crippen LogP) is 5.19. The highest BCUT2D eigenvalue weighted by atomic mass is 32.2. The number of hydrogen-bond acceptors (Lipinski definition) is 5. The Bertz CT molecular complexity index is 1350. The molecular formula is C26H24N2O4S. The second-order valence-electron chi connectivity index (χ2n) is 7.96. The topological polar surface area (TPSA) is 84.8 Å². The van der Waals surface area contributed by atoms with Gasteiger partial charge in [0.1, 0.15) is 5.75 Å². The third-order valence-corrected chi connectivity index (χ3v) is 6.71. The molecule has 1 N–H and O–H groups in total. The maximum Gasteiger partial charge on any atom is 0.282 e. The minimum Gasteiger partial charge on any atom is -0.497 e. The molecule has 4 rings (SSSR count). The van der Waals surface area contributed by atoms with Crippen molar-refractivity contribution in [3.8, 4) is 5.75 Å². The van der Waals surface area contributed by atoms with E-state index >= 15 is 0 Å². The molecule has 7 heteroatoms. The van der Waals surface area contributed by atoms with Gasteiger partial charge < -0.3 is 10.1 Å². The van der Waals surface area contributed by atoms with Crippen LogP contribution in [0.3, 0.4) is 0 Å². The fourth-order valence-corrected chi connectivity index (χ4v) is 4.53. The predicted molar refractivity (Wildman–Crippen MR) is 130 cm³/mol. The van der Waals surface area contributed by atoms with Crippen molar-refractivity contribution in [1.29, 1.82) is 0 Å². The molecule has 0 saturated heterocycles. The number of nitrogens with one attached hydrogen (secondary N) is 1. The maximum atomic E-state index is 13.1. The van der Waals surface area contributed by atoms with Crippen LogP contribution in [0, 0.1) is 0 Å². The van der Waals surface area contributed by atoms with Gasteiger partial charge in [-0.05, 0) is 54.0 Å². The monoisotopic (exact) mass is 460 g/mol. The molecule has 0 aliphatic heterocycles. The number of hydrogen-bond donors (Lipinski definition) is 1. The smallest absolute Gasteiger partial charge is 0.282 e. The van der Waals surface area contributed by atoms with Gasteiger partial charge in [-0.25, -0.2) is 0 Å². The summed E-state index contributed by atoms with van der Waals surface area (Å²) in [4.78, 5) is 13.2. The first-order valence-electron chi connectivity index (χ1n) is 10.5. The van der Waals surface area contributed by atoms with Crippen LogP contribution >= 0.6 is 0 Å². The molecule has 3 aromatic carbocycles. The van der Waals surface area contributed by atoms with Crippen LogP contribution in [-0.2, 0) is 10.0 Å². The Morgan fingerprint density at radius 1 is 0.879 bits per heavy atom. The zero-order valence-electron chi connectivity index (χ0n) is 18.6. The number of Topliss-reactive ketones (excluding diaryl/α,β-unsaturated/α-hetero) is 1. The van der Waals surface area contributed by atoms with E-state index in [0.717, 1.165) is 5.56 Å². The van der Waals surface area contributed by atoms with E-state index in [1.807, 2.05) is 13.8 Å². The zero-order chi connectivity index (χ0) is 23.6. The molecular weight excluding hydrogens is 436 g/mol. The van der Waals surface area contributed by atoms with Gasteiger partial charge >= 0.3 is 0 Å². The Balaban J connectivity index is 1.75. The molecule has 0 atom stereocenters. The number of allylic oxidation sites excluding steroid dienone is 2. The number of fused-ring (bicyclic) bond motifs is 1. The van der Waals surface area contributed by atoms with Crippen LogP contribution in [0.5, 0.6) is 5.75 Å². The van der Waals surface area contributed by atoms with Gasteiger partial charge in [0.25, 0.3) is 10.0 Å². The summed E-state index contributed by atoms with van der Waals surface area (Å²) >= 11 is 0. The lowest BCUT2D eigenvalue weighted by Crippen LogP contribution is -2.22. The first-order chi connectivity index (χ1) is 15.8. The second-order valence-corrected chi connectivity index (χ2v) is 9.57. The Kier molecular flexibility index (Phi) is 6.16. The molecule has 1 aliphatic carbocycles. The Morgan fingerprint density at radius 3 is 2.12 bits per heavy atom. The van der Waals surface area contributed by atoms with E-state index in [2.05, 4.69) is 9.71 Å².